The zero-order chi connectivity index (χ0) is 18.5. The molecule has 0 spiro atoms. The van der Waals surface area contributed by atoms with Gasteiger partial charge in [0.15, 0.2) is 0 Å². The highest BCUT2D eigenvalue weighted by atomic mass is 16.1. The molecule has 1 fully saturated rings. The van der Waals surface area contributed by atoms with Gasteiger partial charge >= 0.3 is 0 Å². The Kier molecular flexibility index (Phi) is 6.65. The molecule has 0 amide bonds. The van der Waals surface area contributed by atoms with E-state index < -0.39 is 0 Å². The minimum atomic E-state index is -0.354. The Bertz CT molecular complexity index is 623. The second-order valence-corrected chi connectivity index (χ2v) is 7.33. The van der Waals surface area contributed by atoms with Crippen LogP contribution in [0.4, 0.5) is 0 Å². The van der Waals surface area contributed by atoms with Crippen LogP contribution in [-0.4, -0.2) is 11.5 Å². The lowest BCUT2D eigenvalue weighted by Crippen LogP contribution is -2.40. The number of carbonyl (C=O) groups is 1. The van der Waals surface area contributed by atoms with E-state index in [0.29, 0.717) is 18.6 Å². The van der Waals surface area contributed by atoms with E-state index in [9.17, 15) is 4.79 Å². The van der Waals surface area contributed by atoms with Crippen molar-refractivity contribution in [3.8, 4) is 0 Å². The quantitative estimate of drug-likeness (QED) is 0.607. The average Bonchev–Trinajstić information content (AvgIpc) is 2.47. The van der Waals surface area contributed by atoms with Crippen LogP contribution >= 0.6 is 0 Å². The molecule has 1 rings (SSSR count). The number of hydrogen-bond donors (Lipinski definition) is 1. The SMILES string of the molecule is C=CC=CC(=C)C(=C)C=CC(=C)C(C)C1C(=N)CC(C)(C)CC1=O. The van der Waals surface area contributed by atoms with E-state index in [1.54, 1.807) is 6.08 Å². The van der Waals surface area contributed by atoms with E-state index in [1.165, 1.54) is 0 Å². The summed E-state index contributed by atoms with van der Waals surface area (Å²) in [5.74, 6) is -0.287. The molecule has 128 valence electrons. The number of nitrogens with one attached hydrogen (secondary N) is 1. The summed E-state index contributed by atoms with van der Waals surface area (Å²) in [6.45, 7) is 21.7. The molecule has 1 N–H and O–H groups in total. The van der Waals surface area contributed by atoms with Gasteiger partial charge in [0.25, 0.3) is 0 Å². The molecule has 0 aromatic rings. The summed E-state index contributed by atoms with van der Waals surface area (Å²) in [7, 11) is 0. The molecule has 0 aromatic carbocycles. The first-order valence-electron chi connectivity index (χ1n) is 8.23. The highest BCUT2D eigenvalue weighted by Gasteiger charge is 2.40. The van der Waals surface area contributed by atoms with Crippen LogP contribution in [0.2, 0.25) is 0 Å². The second-order valence-electron chi connectivity index (χ2n) is 7.33. The van der Waals surface area contributed by atoms with Crippen LogP contribution in [0.15, 0.2) is 73.4 Å². The fraction of sp³-hybridized carbons (Fsp3) is 0.364. The van der Waals surface area contributed by atoms with Crippen LogP contribution in [-0.2, 0) is 4.79 Å². The Hall–Kier alpha value is -2.22. The number of Topliss-reactive ketones (excluding diaryl/α,β-unsaturated/α-hetero) is 1. The lowest BCUT2D eigenvalue weighted by Gasteiger charge is -2.36. The van der Waals surface area contributed by atoms with Crippen molar-refractivity contribution in [2.75, 3.05) is 0 Å². The topological polar surface area (TPSA) is 40.9 Å². The van der Waals surface area contributed by atoms with Crippen LogP contribution in [0.3, 0.4) is 0 Å². The fourth-order valence-corrected chi connectivity index (χ4v) is 3.02. The van der Waals surface area contributed by atoms with Gasteiger partial charge in [0.1, 0.15) is 5.78 Å². The molecule has 0 aromatic heterocycles. The third kappa shape index (κ3) is 5.16. The normalized spacial score (nSPS) is 21.9. The van der Waals surface area contributed by atoms with Gasteiger partial charge in [-0.2, -0.15) is 0 Å². The number of ketones is 1. The van der Waals surface area contributed by atoms with Crippen molar-refractivity contribution < 1.29 is 4.79 Å². The molecule has 2 unspecified atom stereocenters. The lowest BCUT2D eigenvalue weighted by atomic mass is 9.66. The first kappa shape index (κ1) is 19.8. The Morgan fingerprint density at radius 3 is 2.29 bits per heavy atom. The molecule has 1 aliphatic rings. The molecule has 2 atom stereocenters. The second kappa shape index (κ2) is 8.05. The molecule has 0 bridgehead atoms. The van der Waals surface area contributed by atoms with Crippen molar-refractivity contribution in [1.29, 1.82) is 5.41 Å². The lowest BCUT2D eigenvalue weighted by molar-refractivity contribution is -0.124. The maximum Gasteiger partial charge on any atom is 0.142 e. The monoisotopic (exact) mass is 323 g/mol. The first-order valence-corrected chi connectivity index (χ1v) is 8.23. The molecule has 2 heteroatoms. The van der Waals surface area contributed by atoms with E-state index in [2.05, 4.69) is 26.3 Å². The highest BCUT2D eigenvalue weighted by molar-refractivity contribution is 6.07. The first-order chi connectivity index (χ1) is 11.1. The zero-order valence-electron chi connectivity index (χ0n) is 15.2. The number of hydrogen-bond acceptors (Lipinski definition) is 2. The van der Waals surface area contributed by atoms with Crippen LogP contribution in [0, 0.1) is 22.7 Å². The summed E-state index contributed by atoms with van der Waals surface area (Å²) < 4.78 is 0. The van der Waals surface area contributed by atoms with Gasteiger partial charge in [-0.3, -0.25) is 4.79 Å². The molecule has 0 heterocycles. The van der Waals surface area contributed by atoms with E-state index in [0.717, 1.165) is 16.7 Å². The largest absolute Gasteiger partial charge is 0.309 e. The third-order valence-electron chi connectivity index (χ3n) is 4.47. The molecule has 2 nitrogen and oxygen atoms in total. The molecule has 0 saturated heterocycles. The van der Waals surface area contributed by atoms with Crippen molar-refractivity contribution in [3.05, 3.63) is 73.4 Å². The molecular formula is C22H29NO. The Morgan fingerprint density at radius 2 is 1.75 bits per heavy atom. The number of allylic oxidation sites excluding steroid dienone is 8. The van der Waals surface area contributed by atoms with Crippen LogP contribution in [0.5, 0.6) is 0 Å². The summed E-state index contributed by atoms with van der Waals surface area (Å²) in [6, 6.07) is 0. The van der Waals surface area contributed by atoms with Crippen molar-refractivity contribution in [1.82, 2.24) is 0 Å². The predicted molar refractivity (Wildman–Crippen MR) is 104 cm³/mol. The zero-order valence-corrected chi connectivity index (χ0v) is 15.2. The molecule has 0 radical (unpaired) electrons. The smallest absolute Gasteiger partial charge is 0.142 e. The Morgan fingerprint density at radius 1 is 1.17 bits per heavy atom. The van der Waals surface area contributed by atoms with Gasteiger partial charge in [-0.05, 0) is 28.9 Å². The van der Waals surface area contributed by atoms with E-state index in [4.69, 9.17) is 5.41 Å². The van der Waals surface area contributed by atoms with E-state index >= 15 is 0 Å². The van der Waals surface area contributed by atoms with Gasteiger partial charge in [-0.15, -0.1) is 0 Å². The maximum absolute atomic E-state index is 12.5. The minimum Gasteiger partial charge on any atom is -0.309 e. The van der Waals surface area contributed by atoms with E-state index in [-0.39, 0.29) is 23.0 Å². The highest BCUT2D eigenvalue weighted by Crippen LogP contribution is 2.38. The van der Waals surface area contributed by atoms with Crippen molar-refractivity contribution in [3.63, 3.8) is 0 Å². The standard InChI is InChI=1S/C22H29NO/c1-8-9-10-15(2)16(3)11-12-17(4)18(5)21-19(23)13-22(6,7)14-20(21)24/h8-12,18,21,23H,1-4,13-14H2,5-7H3. The van der Waals surface area contributed by atoms with Gasteiger partial charge < -0.3 is 5.41 Å². The Balaban J connectivity index is 2.79. The average molecular weight is 323 g/mol. The molecule has 1 aliphatic carbocycles. The summed E-state index contributed by atoms with van der Waals surface area (Å²) in [4.78, 5) is 12.5. The van der Waals surface area contributed by atoms with Gasteiger partial charge in [-0.25, -0.2) is 0 Å². The van der Waals surface area contributed by atoms with E-state index in [1.807, 2.05) is 45.1 Å². The molecular weight excluding hydrogens is 294 g/mol. The Labute approximate surface area is 146 Å². The van der Waals surface area contributed by atoms with Crippen LogP contribution in [0.25, 0.3) is 0 Å². The minimum absolute atomic E-state index is 0.0814. The third-order valence-corrected chi connectivity index (χ3v) is 4.47. The number of carbonyl (C=O) groups excluding carboxylic acids is 1. The van der Waals surface area contributed by atoms with Crippen LogP contribution in [0.1, 0.15) is 33.6 Å². The van der Waals surface area contributed by atoms with Gasteiger partial charge in [0, 0.05) is 12.1 Å². The van der Waals surface area contributed by atoms with Crippen molar-refractivity contribution >= 4 is 11.5 Å². The van der Waals surface area contributed by atoms with Gasteiger partial charge in [-0.1, -0.05) is 83.0 Å². The van der Waals surface area contributed by atoms with Crippen molar-refractivity contribution in [2.45, 2.75) is 33.6 Å². The molecule has 24 heavy (non-hydrogen) atoms. The van der Waals surface area contributed by atoms with Crippen molar-refractivity contribution in [2.24, 2.45) is 17.3 Å². The fourth-order valence-electron chi connectivity index (χ4n) is 3.02. The summed E-state index contributed by atoms with van der Waals surface area (Å²) in [5.41, 5.74) is 2.84. The molecule has 0 aliphatic heterocycles. The summed E-state index contributed by atoms with van der Waals surface area (Å²) in [5, 5.41) is 8.28. The summed E-state index contributed by atoms with van der Waals surface area (Å²) in [6.07, 6.45) is 10.3. The predicted octanol–water partition coefficient (Wildman–Crippen LogP) is 5.61. The number of rotatable bonds is 7. The maximum atomic E-state index is 12.5. The van der Waals surface area contributed by atoms with Crippen LogP contribution < -0.4 is 0 Å². The summed E-state index contributed by atoms with van der Waals surface area (Å²) >= 11 is 0. The molecule has 1 saturated carbocycles. The van der Waals surface area contributed by atoms with Gasteiger partial charge in [0.2, 0.25) is 0 Å². The van der Waals surface area contributed by atoms with Gasteiger partial charge in [0.05, 0.1) is 5.92 Å².